The maximum atomic E-state index is 11.8. The standard InChI is InChI=1S/C13H22N2O7.C9H18N2O5.C8H14N2O5.C4H6O3.C2HF3O/c1-6-7-21-12(19)15(8-9(16)10(17)20-5)14-11(18)22-13(2,3)4;1-9(2,3)16-8(14)11-10-5-6(12)7(13)15-4;1-3-4-15-8(13)10(9)5-6(11)7(12)14-2;1-6-4(5)3-2-7-3;3-2(4,5)1-6/h6,9,16H,1,7-8H2,2-5H3,(H,14,18);6,10,12H,5H2,1-4H3,(H,11,14);3,6,11H,1,4-5,9H2,2H3;3H,2H2,1H3;1H/t9-;2*6-;3-;/m1111./s1. The lowest BCUT2D eigenvalue weighted by atomic mass is 10.2. The average molecular weight is 971 g/mol. The molecule has 66 heavy (non-hydrogen) atoms. The molecule has 0 saturated carbocycles. The second-order valence-corrected chi connectivity index (χ2v) is 13.7. The number of hydrogen-bond acceptors (Lipinski definition) is 23. The monoisotopic (exact) mass is 970 g/mol. The van der Waals surface area contributed by atoms with E-state index in [0.29, 0.717) is 16.6 Å². The van der Waals surface area contributed by atoms with Crippen molar-refractivity contribution >= 4 is 54.5 Å². The lowest BCUT2D eigenvalue weighted by molar-refractivity contribution is -0.156. The highest BCUT2D eigenvalue weighted by Gasteiger charge is 2.32. The van der Waals surface area contributed by atoms with Gasteiger partial charge in [0.25, 0.3) is 0 Å². The second-order valence-electron chi connectivity index (χ2n) is 13.7. The van der Waals surface area contributed by atoms with E-state index in [9.17, 15) is 56.6 Å². The van der Waals surface area contributed by atoms with Crippen molar-refractivity contribution < 1.29 is 114 Å². The topological polar surface area (TPSA) is 369 Å². The molecule has 30 heteroatoms. The van der Waals surface area contributed by atoms with Crippen molar-refractivity contribution in [3.8, 4) is 0 Å². The molecule has 1 saturated heterocycles. The summed E-state index contributed by atoms with van der Waals surface area (Å²) in [5.41, 5.74) is 5.21. The molecule has 1 heterocycles. The van der Waals surface area contributed by atoms with Crippen LogP contribution in [0.5, 0.6) is 0 Å². The molecule has 0 unspecified atom stereocenters. The molecule has 0 spiro atoms. The van der Waals surface area contributed by atoms with Gasteiger partial charge in [0.1, 0.15) is 24.4 Å². The number of carbonyl (C=O) groups excluding carboxylic acids is 9. The Balaban J connectivity index is -0.000000389. The molecule has 1 fully saturated rings. The smallest absolute Gasteiger partial charge is 0.446 e. The second kappa shape index (κ2) is 35.0. The number of carbonyl (C=O) groups is 9. The minimum Gasteiger partial charge on any atom is -0.467 e. The van der Waals surface area contributed by atoms with Gasteiger partial charge in [-0.05, 0) is 41.5 Å². The van der Waals surface area contributed by atoms with Gasteiger partial charge in [-0.25, -0.2) is 65.1 Å². The molecule has 0 aromatic heterocycles. The van der Waals surface area contributed by atoms with Crippen LogP contribution in [0.4, 0.5) is 32.3 Å². The van der Waals surface area contributed by atoms with Gasteiger partial charge in [-0.2, -0.15) is 13.2 Å². The molecular weight excluding hydrogens is 909 g/mol. The number of nitrogens with one attached hydrogen (secondary N) is 3. The molecule has 0 bridgehead atoms. The number of methoxy groups -OCH3 is 4. The Morgan fingerprint density at radius 3 is 1.47 bits per heavy atom. The van der Waals surface area contributed by atoms with Crippen molar-refractivity contribution in [2.45, 2.75) is 83.3 Å². The third-order valence-corrected chi connectivity index (χ3v) is 5.69. The number of ether oxygens (including phenoxy) is 9. The molecule has 0 aromatic rings. The van der Waals surface area contributed by atoms with Crippen molar-refractivity contribution in [2.24, 2.45) is 5.84 Å². The number of hydrogen-bond donors (Lipinski definition) is 7. The van der Waals surface area contributed by atoms with E-state index in [-0.39, 0.29) is 31.8 Å². The van der Waals surface area contributed by atoms with E-state index < -0.39 is 97.3 Å². The van der Waals surface area contributed by atoms with E-state index in [0.717, 1.165) is 21.3 Å². The lowest BCUT2D eigenvalue weighted by Gasteiger charge is -2.26. The van der Waals surface area contributed by atoms with Crippen molar-refractivity contribution in [3.05, 3.63) is 25.3 Å². The van der Waals surface area contributed by atoms with Crippen molar-refractivity contribution in [1.82, 2.24) is 26.3 Å². The molecule has 4 amide bonds. The Hall–Kier alpha value is -6.34. The number of esters is 4. The number of aliphatic hydroxyl groups excluding tert-OH is 3. The summed E-state index contributed by atoms with van der Waals surface area (Å²) < 4.78 is 72.1. The first-order chi connectivity index (χ1) is 30.3. The van der Waals surface area contributed by atoms with Gasteiger partial charge in [-0.3, -0.25) is 10.2 Å². The highest BCUT2D eigenvalue weighted by Crippen LogP contribution is 2.10. The fraction of sp³-hybridized carbons (Fsp3) is 0.639. The molecule has 0 aliphatic carbocycles. The number of nitrogens with zero attached hydrogens (tertiary/aromatic N) is 2. The third-order valence-electron chi connectivity index (χ3n) is 5.69. The van der Waals surface area contributed by atoms with E-state index in [1.807, 2.05) is 0 Å². The average Bonchev–Trinajstić information content (AvgIpc) is 4.08. The van der Waals surface area contributed by atoms with Gasteiger partial charge in [0.05, 0.1) is 54.7 Å². The number of aliphatic hydroxyl groups is 3. The first-order valence-corrected chi connectivity index (χ1v) is 18.4. The van der Waals surface area contributed by atoms with Crippen molar-refractivity contribution in [2.75, 3.05) is 67.9 Å². The van der Waals surface area contributed by atoms with Gasteiger partial charge >= 0.3 is 54.4 Å². The molecule has 1 aliphatic heterocycles. The predicted molar refractivity (Wildman–Crippen MR) is 215 cm³/mol. The first-order valence-electron chi connectivity index (χ1n) is 18.4. The molecule has 0 aromatic carbocycles. The van der Waals surface area contributed by atoms with Crippen LogP contribution in [0, 0.1) is 0 Å². The third kappa shape index (κ3) is 40.4. The summed E-state index contributed by atoms with van der Waals surface area (Å²) in [6.07, 6.45) is -11.2. The van der Waals surface area contributed by atoms with Crippen LogP contribution < -0.4 is 22.1 Å². The SMILES string of the molecule is C=CCOC(=O)N(C[C@@H](O)C(=O)OC)NC(=O)OC(C)(C)C.C=CCOC(=O)N(N)C[C@@H](O)C(=O)OC.COC(=O)[C@H](O)CNNC(=O)OC(C)(C)C.COC(=O)[C@H]1CO1.O=CC(F)(F)F. The number of aldehydes is 1. The Kier molecular flexibility index (Phi) is 35.1. The fourth-order valence-corrected chi connectivity index (χ4v) is 2.91. The molecular formula is C36H61F3N6O21. The number of hydrazine groups is 3. The van der Waals surface area contributed by atoms with Crippen LogP contribution in [0.1, 0.15) is 41.5 Å². The van der Waals surface area contributed by atoms with Gasteiger partial charge < -0.3 is 58.0 Å². The summed E-state index contributed by atoms with van der Waals surface area (Å²) in [6.45, 7) is 16.1. The van der Waals surface area contributed by atoms with E-state index in [1.54, 1.807) is 41.5 Å². The Bertz CT molecular complexity index is 1540. The number of halogens is 3. The number of epoxide rings is 1. The Labute approximate surface area is 377 Å². The molecule has 8 N–H and O–H groups in total. The zero-order chi connectivity index (χ0) is 52.4. The van der Waals surface area contributed by atoms with Crippen molar-refractivity contribution in [3.63, 3.8) is 0 Å². The van der Waals surface area contributed by atoms with Gasteiger partial charge in [-0.15, -0.1) is 0 Å². The number of amides is 4. The molecule has 4 atom stereocenters. The van der Waals surface area contributed by atoms with E-state index >= 15 is 0 Å². The highest BCUT2D eigenvalue weighted by molar-refractivity contribution is 5.78. The predicted octanol–water partition coefficient (Wildman–Crippen LogP) is -0.541. The zero-order valence-corrected chi connectivity index (χ0v) is 38.0. The van der Waals surface area contributed by atoms with Crippen LogP contribution in [-0.4, -0.2) is 190 Å². The first kappa shape index (κ1) is 66.3. The van der Waals surface area contributed by atoms with Crippen LogP contribution in [-0.2, 0) is 66.6 Å². The van der Waals surface area contributed by atoms with Crippen LogP contribution >= 0.6 is 0 Å². The normalized spacial score (nSPS) is 13.5. The van der Waals surface area contributed by atoms with Gasteiger partial charge in [0.2, 0.25) is 6.29 Å². The van der Waals surface area contributed by atoms with Crippen LogP contribution in [0.2, 0.25) is 0 Å². The minimum absolute atomic E-state index is 0.000846. The summed E-state index contributed by atoms with van der Waals surface area (Å²) >= 11 is 0. The van der Waals surface area contributed by atoms with Gasteiger partial charge in [0.15, 0.2) is 24.4 Å². The fourth-order valence-electron chi connectivity index (χ4n) is 2.91. The van der Waals surface area contributed by atoms with E-state index in [1.165, 1.54) is 19.3 Å². The Morgan fingerprint density at radius 2 is 1.12 bits per heavy atom. The summed E-state index contributed by atoms with van der Waals surface area (Å²) in [4.78, 5) is 97.2. The zero-order valence-electron chi connectivity index (χ0n) is 38.0. The molecule has 27 nitrogen and oxygen atoms in total. The quantitative estimate of drug-likeness (QED) is 0.0158. The van der Waals surface area contributed by atoms with Crippen molar-refractivity contribution in [1.29, 1.82) is 0 Å². The maximum Gasteiger partial charge on any atom is 0.446 e. The summed E-state index contributed by atoms with van der Waals surface area (Å²) in [6, 6.07) is 0. The number of nitrogens with two attached hydrogens (primary N) is 1. The lowest BCUT2D eigenvalue weighted by Crippen LogP contribution is -2.52. The largest absolute Gasteiger partial charge is 0.467 e. The molecule has 382 valence electrons. The van der Waals surface area contributed by atoms with Gasteiger partial charge in [0, 0.05) is 0 Å². The van der Waals surface area contributed by atoms with Gasteiger partial charge in [-0.1, -0.05) is 25.3 Å². The number of rotatable bonds is 15. The summed E-state index contributed by atoms with van der Waals surface area (Å²) in [5.74, 6) is 2.33. The summed E-state index contributed by atoms with van der Waals surface area (Å²) in [5, 5.41) is 29.0. The Morgan fingerprint density at radius 1 is 0.727 bits per heavy atom. The van der Waals surface area contributed by atoms with Crippen LogP contribution in [0.25, 0.3) is 0 Å². The molecule has 1 rings (SSSR count). The highest BCUT2D eigenvalue weighted by atomic mass is 19.4. The minimum atomic E-state index is -4.64. The number of alkyl halides is 3. The van der Waals surface area contributed by atoms with E-state index in [4.69, 9.17) is 35.1 Å². The van der Waals surface area contributed by atoms with Crippen LogP contribution in [0.15, 0.2) is 25.3 Å². The molecule has 0 radical (unpaired) electrons. The van der Waals surface area contributed by atoms with Crippen LogP contribution in [0.3, 0.4) is 0 Å². The molecule has 1 aliphatic rings. The maximum absolute atomic E-state index is 11.8. The summed E-state index contributed by atoms with van der Waals surface area (Å²) in [7, 11) is 4.70. The van der Waals surface area contributed by atoms with E-state index in [2.05, 4.69) is 57.9 Å².